The number of carbonyl (C=O) groups excluding carboxylic acids is 1. The zero-order valence-electron chi connectivity index (χ0n) is 16.2. The van der Waals surface area contributed by atoms with Crippen LogP contribution in [0.5, 0.6) is 5.75 Å². The molecule has 0 bridgehead atoms. The number of ether oxygens (including phenoxy) is 1. The highest BCUT2D eigenvalue weighted by Gasteiger charge is 2.20. The van der Waals surface area contributed by atoms with E-state index in [1.54, 1.807) is 14.0 Å². The van der Waals surface area contributed by atoms with Crippen LogP contribution in [0, 0.1) is 13.8 Å². The molecule has 0 amide bonds. The van der Waals surface area contributed by atoms with Gasteiger partial charge in [-0.1, -0.05) is 12.1 Å². The number of piperazine rings is 1. The molecule has 0 aromatic heterocycles. The maximum absolute atomic E-state index is 11.7. The molecule has 1 aliphatic heterocycles. The summed E-state index contributed by atoms with van der Waals surface area (Å²) in [4.78, 5) is 16.6. The van der Waals surface area contributed by atoms with Crippen LogP contribution in [0.25, 0.3) is 0 Å². The molecular weight excluding hydrogens is 324 g/mol. The van der Waals surface area contributed by atoms with E-state index in [1.807, 2.05) is 18.2 Å². The van der Waals surface area contributed by atoms with Crippen LogP contribution in [-0.2, 0) is 6.54 Å². The van der Waals surface area contributed by atoms with Crippen LogP contribution in [0.2, 0.25) is 0 Å². The Hall–Kier alpha value is -2.33. The van der Waals surface area contributed by atoms with E-state index in [9.17, 15) is 4.79 Å². The molecule has 1 fully saturated rings. The smallest absolute Gasteiger partial charge is 0.159 e. The number of benzene rings is 2. The lowest BCUT2D eigenvalue weighted by molar-refractivity contribution is 0.101. The van der Waals surface area contributed by atoms with Crippen molar-refractivity contribution in [2.75, 3.05) is 38.2 Å². The number of methoxy groups -OCH3 is 1. The lowest BCUT2D eigenvalue weighted by atomic mass is 10.1. The van der Waals surface area contributed by atoms with Crippen LogP contribution in [0.15, 0.2) is 36.4 Å². The van der Waals surface area contributed by atoms with Crippen molar-refractivity contribution < 1.29 is 9.53 Å². The van der Waals surface area contributed by atoms with Crippen molar-refractivity contribution in [3.05, 3.63) is 58.7 Å². The first-order chi connectivity index (χ1) is 12.5. The molecule has 0 unspecified atom stereocenters. The van der Waals surface area contributed by atoms with E-state index in [1.165, 1.54) is 16.8 Å². The van der Waals surface area contributed by atoms with E-state index >= 15 is 0 Å². The van der Waals surface area contributed by atoms with Gasteiger partial charge in [-0.05, 0) is 56.2 Å². The molecule has 1 aliphatic rings. The van der Waals surface area contributed by atoms with E-state index in [-0.39, 0.29) is 5.78 Å². The highest BCUT2D eigenvalue weighted by molar-refractivity contribution is 5.94. The fourth-order valence-electron chi connectivity index (χ4n) is 3.59. The Morgan fingerprint density at radius 2 is 1.81 bits per heavy atom. The lowest BCUT2D eigenvalue weighted by Crippen LogP contribution is -2.46. The van der Waals surface area contributed by atoms with E-state index < -0.39 is 0 Å². The third-order valence-corrected chi connectivity index (χ3v) is 5.37. The molecule has 0 atom stereocenters. The van der Waals surface area contributed by atoms with Gasteiger partial charge in [0.1, 0.15) is 5.75 Å². The summed E-state index contributed by atoms with van der Waals surface area (Å²) in [6.07, 6.45) is 0. The summed E-state index contributed by atoms with van der Waals surface area (Å²) in [5, 5.41) is 0. The number of carbonyl (C=O) groups is 1. The van der Waals surface area contributed by atoms with Crippen molar-refractivity contribution in [3.8, 4) is 5.75 Å². The van der Waals surface area contributed by atoms with Gasteiger partial charge in [-0.2, -0.15) is 0 Å². The summed E-state index contributed by atoms with van der Waals surface area (Å²) in [6, 6.07) is 12.2. The standard InChI is InChI=1S/C22H28N2O2/c1-16-6-5-7-21(17(16)2)24-12-10-23(11-13-24)15-20-14-19(18(3)25)8-9-22(20)26-4/h5-9,14H,10-13,15H2,1-4H3. The molecule has 2 aromatic carbocycles. The van der Waals surface area contributed by atoms with Crippen LogP contribution >= 0.6 is 0 Å². The third kappa shape index (κ3) is 3.91. The number of ketones is 1. The summed E-state index contributed by atoms with van der Waals surface area (Å²) in [5.41, 5.74) is 5.89. The molecular formula is C22H28N2O2. The zero-order valence-corrected chi connectivity index (χ0v) is 16.2. The Morgan fingerprint density at radius 1 is 1.08 bits per heavy atom. The van der Waals surface area contributed by atoms with Crippen molar-refractivity contribution in [3.63, 3.8) is 0 Å². The lowest BCUT2D eigenvalue weighted by Gasteiger charge is -2.37. The Morgan fingerprint density at radius 3 is 2.46 bits per heavy atom. The van der Waals surface area contributed by atoms with Gasteiger partial charge in [-0.3, -0.25) is 9.69 Å². The predicted molar refractivity (Wildman–Crippen MR) is 106 cm³/mol. The Kier molecular flexibility index (Phi) is 5.62. The van der Waals surface area contributed by atoms with Gasteiger partial charge >= 0.3 is 0 Å². The number of nitrogens with zero attached hydrogens (tertiary/aromatic N) is 2. The Balaban J connectivity index is 1.68. The molecule has 26 heavy (non-hydrogen) atoms. The monoisotopic (exact) mass is 352 g/mol. The Bertz CT molecular complexity index is 793. The van der Waals surface area contributed by atoms with Gasteiger partial charge in [0.25, 0.3) is 0 Å². The van der Waals surface area contributed by atoms with Gasteiger partial charge in [0, 0.05) is 49.5 Å². The molecule has 0 saturated carbocycles. The van der Waals surface area contributed by atoms with Crippen LogP contribution in [0.4, 0.5) is 5.69 Å². The van der Waals surface area contributed by atoms with Gasteiger partial charge in [0.05, 0.1) is 7.11 Å². The molecule has 0 spiro atoms. The molecule has 2 aromatic rings. The largest absolute Gasteiger partial charge is 0.496 e. The molecule has 4 heteroatoms. The van der Waals surface area contributed by atoms with Gasteiger partial charge in [-0.15, -0.1) is 0 Å². The molecule has 0 radical (unpaired) electrons. The summed E-state index contributed by atoms with van der Waals surface area (Å²) >= 11 is 0. The Labute approximate surface area is 156 Å². The number of hydrogen-bond acceptors (Lipinski definition) is 4. The molecule has 0 N–H and O–H groups in total. The number of anilines is 1. The minimum atomic E-state index is 0.0913. The van der Waals surface area contributed by atoms with E-state index in [4.69, 9.17) is 4.74 Å². The first kappa shape index (κ1) is 18.5. The second kappa shape index (κ2) is 7.92. The van der Waals surface area contributed by atoms with E-state index in [2.05, 4.69) is 41.8 Å². The fraction of sp³-hybridized carbons (Fsp3) is 0.409. The minimum absolute atomic E-state index is 0.0913. The van der Waals surface area contributed by atoms with Crippen LogP contribution in [0.3, 0.4) is 0 Å². The average Bonchev–Trinajstić information content (AvgIpc) is 2.64. The van der Waals surface area contributed by atoms with E-state index in [0.29, 0.717) is 0 Å². The van der Waals surface area contributed by atoms with Crippen LogP contribution in [-0.4, -0.2) is 44.0 Å². The first-order valence-electron chi connectivity index (χ1n) is 9.21. The minimum Gasteiger partial charge on any atom is -0.496 e. The zero-order chi connectivity index (χ0) is 18.7. The van der Waals surface area contributed by atoms with Crippen LogP contribution in [0.1, 0.15) is 34.0 Å². The molecule has 4 nitrogen and oxygen atoms in total. The summed E-state index contributed by atoms with van der Waals surface area (Å²) in [7, 11) is 1.69. The van der Waals surface area contributed by atoms with Gasteiger partial charge in [-0.25, -0.2) is 0 Å². The molecule has 3 rings (SSSR count). The van der Waals surface area contributed by atoms with Gasteiger partial charge in [0.2, 0.25) is 0 Å². The molecule has 0 aliphatic carbocycles. The normalized spacial score (nSPS) is 15.2. The number of hydrogen-bond donors (Lipinski definition) is 0. The van der Waals surface area contributed by atoms with Crippen LogP contribution < -0.4 is 9.64 Å². The number of rotatable bonds is 5. The molecule has 1 saturated heterocycles. The predicted octanol–water partition coefficient (Wildman–Crippen LogP) is 3.84. The molecule has 1 heterocycles. The maximum atomic E-state index is 11.7. The third-order valence-electron chi connectivity index (χ3n) is 5.37. The summed E-state index contributed by atoms with van der Waals surface area (Å²) in [5.74, 6) is 0.945. The number of aryl methyl sites for hydroxylation is 1. The van der Waals surface area contributed by atoms with Gasteiger partial charge in [0.15, 0.2) is 5.78 Å². The van der Waals surface area contributed by atoms with Gasteiger partial charge < -0.3 is 9.64 Å². The number of Topliss-reactive ketones (excluding diaryl/α,β-unsaturated/α-hetero) is 1. The second-order valence-corrected chi connectivity index (χ2v) is 7.07. The second-order valence-electron chi connectivity index (χ2n) is 7.07. The van der Waals surface area contributed by atoms with E-state index in [0.717, 1.165) is 49.6 Å². The topological polar surface area (TPSA) is 32.8 Å². The highest BCUT2D eigenvalue weighted by atomic mass is 16.5. The highest BCUT2D eigenvalue weighted by Crippen LogP contribution is 2.26. The molecule has 138 valence electrons. The van der Waals surface area contributed by atoms with Crippen molar-refractivity contribution >= 4 is 11.5 Å². The van der Waals surface area contributed by atoms with Crippen molar-refractivity contribution in [2.45, 2.75) is 27.3 Å². The van der Waals surface area contributed by atoms with Crippen molar-refractivity contribution in [2.24, 2.45) is 0 Å². The summed E-state index contributed by atoms with van der Waals surface area (Å²) in [6.45, 7) is 10.8. The van der Waals surface area contributed by atoms with Crippen molar-refractivity contribution in [1.82, 2.24) is 4.90 Å². The quantitative estimate of drug-likeness (QED) is 0.766. The SMILES string of the molecule is COc1ccc(C(C)=O)cc1CN1CCN(c2cccc(C)c2C)CC1. The maximum Gasteiger partial charge on any atom is 0.159 e. The average molecular weight is 352 g/mol. The fourth-order valence-corrected chi connectivity index (χ4v) is 3.59. The first-order valence-corrected chi connectivity index (χ1v) is 9.21. The summed E-state index contributed by atoms with van der Waals surface area (Å²) < 4.78 is 5.49. The van der Waals surface area contributed by atoms with Crippen molar-refractivity contribution in [1.29, 1.82) is 0 Å².